The van der Waals surface area contributed by atoms with Crippen molar-refractivity contribution in [2.75, 3.05) is 0 Å². The molecule has 0 aliphatic carbocycles. The number of aromatic nitrogens is 5. The van der Waals surface area contributed by atoms with Crippen molar-refractivity contribution in [3.8, 4) is 56.7 Å². The van der Waals surface area contributed by atoms with Gasteiger partial charge in [0, 0.05) is 49.6 Å². The maximum Gasteiger partial charge on any atom is 0.164 e. The third kappa shape index (κ3) is 5.29. The number of fused-ring (bicyclic) bond motifs is 6. The molecule has 0 saturated carbocycles. The third-order valence-corrected chi connectivity index (χ3v) is 10.7. The predicted molar refractivity (Wildman–Crippen MR) is 230 cm³/mol. The lowest BCUT2D eigenvalue weighted by atomic mass is 10.0. The van der Waals surface area contributed by atoms with Crippen molar-refractivity contribution in [3.05, 3.63) is 200 Å². The highest BCUT2D eigenvalue weighted by molar-refractivity contribution is 6.19. The van der Waals surface area contributed by atoms with E-state index < -0.39 is 0 Å². The first-order valence-electron chi connectivity index (χ1n) is 18.9. The minimum absolute atomic E-state index is 0.620. The van der Waals surface area contributed by atoms with Crippen LogP contribution in [0.1, 0.15) is 0 Å². The second-order valence-corrected chi connectivity index (χ2v) is 14.1. The van der Waals surface area contributed by atoms with E-state index in [0.717, 1.165) is 50.2 Å². The third-order valence-electron chi connectivity index (χ3n) is 10.7. The zero-order valence-corrected chi connectivity index (χ0v) is 30.3. The molecule has 0 amide bonds. The molecule has 5 nitrogen and oxygen atoms in total. The first kappa shape index (κ1) is 31.9. The Bertz CT molecular complexity index is 3240. The topological polar surface area (TPSA) is 48.5 Å². The van der Waals surface area contributed by atoms with E-state index in [2.05, 4.69) is 173 Å². The van der Waals surface area contributed by atoms with Gasteiger partial charge in [-0.15, -0.1) is 0 Å². The van der Waals surface area contributed by atoms with Crippen molar-refractivity contribution in [1.29, 1.82) is 0 Å². The van der Waals surface area contributed by atoms with Crippen LogP contribution in [0.5, 0.6) is 0 Å². The molecule has 0 unspecified atom stereocenters. The van der Waals surface area contributed by atoms with E-state index in [4.69, 9.17) is 15.0 Å². The summed E-state index contributed by atoms with van der Waals surface area (Å²) in [7, 11) is 0. The summed E-state index contributed by atoms with van der Waals surface area (Å²) >= 11 is 0. The first-order chi connectivity index (χ1) is 27.8. The summed E-state index contributed by atoms with van der Waals surface area (Å²) in [6.07, 6.45) is 0. The highest BCUT2D eigenvalue weighted by Crippen LogP contribution is 2.40. The van der Waals surface area contributed by atoms with Gasteiger partial charge in [0.1, 0.15) is 0 Å². The number of nitrogens with zero attached hydrogens (tertiary/aromatic N) is 5. The Kier molecular flexibility index (Phi) is 7.42. The van der Waals surface area contributed by atoms with Crippen LogP contribution in [0.25, 0.3) is 100 Å². The zero-order chi connectivity index (χ0) is 37.0. The van der Waals surface area contributed by atoms with Gasteiger partial charge in [0.2, 0.25) is 0 Å². The Hall–Kier alpha value is -7.63. The summed E-state index contributed by atoms with van der Waals surface area (Å²) in [6.45, 7) is 0. The van der Waals surface area contributed by atoms with Gasteiger partial charge in [-0.3, -0.25) is 0 Å². The van der Waals surface area contributed by atoms with Crippen LogP contribution in [-0.2, 0) is 0 Å². The molecule has 0 fully saturated rings. The highest BCUT2D eigenvalue weighted by atomic mass is 15.0. The quantitative estimate of drug-likeness (QED) is 0.172. The lowest BCUT2D eigenvalue weighted by Crippen LogP contribution is -2.01. The van der Waals surface area contributed by atoms with Crippen molar-refractivity contribution in [1.82, 2.24) is 24.1 Å². The standard InChI is InChI=1S/C51H33N5/c1-4-16-34(17-5-1)36-20-14-21-37(30-36)50-52-49(35-18-6-2-7-19-35)53-51(54-50)38-22-15-25-40(31-38)56-46-29-13-11-27-42(46)44-32-47-43(33-48(44)56)41-26-10-12-28-45(41)55(47)39-23-8-3-9-24-39/h1-33H. The molecule has 0 radical (unpaired) electrons. The molecular formula is C51H33N5. The largest absolute Gasteiger partial charge is 0.309 e. The molecule has 3 aromatic heterocycles. The van der Waals surface area contributed by atoms with Crippen molar-refractivity contribution in [2.45, 2.75) is 0 Å². The summed E-state index contributed by atoms with van der Waals surface area (Å²) in [5.74, 6) is 1.89. The lowest BCUT2D eigenvalue weighted by Gasteiger charge is -2.12. The van der Waals surface area contributed by atoms with Gasteiger partial charge in [0.25, 0.3) is 0 Å². The SMILES string of the molecule is c1ccc(-c2cccc(-c3nc(-c4ccccc4)nc(-c4cccc(-n5c6ccccc6c6cc7c(cc65)c5ccccc5n7-c5ccccc5)c4)n3)c2)cc1. The van der Waals surface area contributed by atoms with E-state index >= 15 is 0 Å². The number of hydrogen-bond donors (Lipinski definition) is 0. The van der Waals surface area contributed by atoms with Gasteiger partial charge in [0.05, 0.1) is 22.1 Å². The molecule has 0 atom stereocenters. The molecule has 3 heterocycles. The Morgan fingerprint density at radius 1 is 0.250 bits per heavy atom. The minimum Gasteiger partial charge on any atom is -0.309 e. The molecule has 0 aliphatic rings. The Morgan fingerprint density at radius 2 is 0.661 bits per heavy atom. The normalized spacial score (nSPS) is 11.6. The molecule has 0 aliphatic heterocycles. The molecule has 0 bridgehead atoms. The van der Waals surface area contributed by atoms with Gasteiger partial charge in [-0.05, 0) is 65.7 Å². The number of para-hydroxylation sites is 3. The Balaban J connectivity index is 1.11. The fourth-order valence-electron chi connectivity index (χ4n) is 8.17. The second kappa shape index (κ2) is 13.0. The van der Waals surface area contributed by atoms with Crippen LogP contribution < -0.4 is 0 Å². The molecule has 8 aromatic carbocycles. The van der Waals surface area contributed by atoms with Gasteiger partial charge in [-0.1, -0.05) is 146 Å². The van der Waals surface area contributed by atoms with E-state index in [-0.39, 0.29) is 0 Å². The van der Waals surface area contributed by atoms with E-state index in [9.17, 15) is 0 Å². The number of rotatable bonds is 6. The summed E-state index contributed by atoms with van der Waals surface area (Å²) in [5.41, 5.74) is 11.9. The van der Waals surface area contributed by atoms with E-state index in [1.807, 2.05) is 36.4 Å². The predicted octanol–water partition coefficient (Wildman–Crippen LogP) is 12.7. The van der Waals surface area contributed by atoms with Crippen molar-refractivity contribution >= 4 is 43.6 Å². The smallest absolute Gasteiger partial charge is 0.164 e. The Morgan fingerprint density at radius 3 is 1.27 bits per heavy atom. The van der Waals surface area contributed by atoms with Crippen LogP contribution in [0.2, 0.25) is 0 Å². The minimum atomic E-state index is 0.620. The van der Waals surface area contributed by atoms with Gasteiger partial charge in [0.15, 0.2) is 17.5 Å². The van der Waals surface area contributed by atoms with Gasteiger partial charge < -0.3 is 9.13 Å². The molecule has 5 heteroatoms. The number of hydrogen-bond acceptors (Lipinski definition) is 3. The van der Waals surface area contributed by atoms with Crippen molar-refractivity contribution < 1.29 is 0 Å². The second-order valence-electron chi connectivity index (χ2n) is 14.1. The molecule has 262 valence electrons. The molecule has 56 heavy (non-hydrogen) atoms. The van der Waals surface area contributed by atoms with Crippen LogP contribution in [0.3, 0.4) is 0 Å². The fraction of sp³-hybridized carbons (Fsp3) is 0. The van der Waals surface area contributed by atoms with Crippen LogP contribution in [0.15, 0.2) is 200 Å². The maximum atomic E-state index is 5.15. The summed E-state index contributed by atoms with van der Waals surface area (Å²) in [5, 5.41) is 4.84. The fourth-order valence-corrected chi connectivity index (χ4v) is 8.17. The zero-order valence-electron chi connectivity index (χ0n) is 30.3. The summed E-state index contributed by atoms with van der Waals surface area (Å²) < 4.78 is 4.76. The molecule has 11 rings (SSSR count). The molecular weight excluding hydrogens is 683 g/mol. The molecule has 11 aromatic rings. The van der Waals surface area contributed by atoms with E-state index in [0.29, 0.717) is 17.5 Å². The van der Waals surface area contributed by atoms with Gasteiger partial charge in [-0.2, -0.15) is 0 Å². The van der Waals surface area contributed by atoms with Gasteiger partial charge in [-0.25, -0.2) is 15.0 Å². The lowest BCUT2D eigenvalue weighted by molar-refractivity contribution is 1.07. The Labute approximate surface area is 323 Å². The summed E-state index contributed by atoms with van der Waals surface area (Å²) in [6, 6.07) is 70.3. The van der Waals surface area contributed by atoms with E-state index in [1.54, 1.807) is 0 Å². The van der Waals surface area contributed by atoms with Crippen LogP contribution in [0.4, 0.5) is 0 Å². The van der Waals surface area contributed by atoms with Crippen LogP contribution in [-0.4, -0.2) is 24.1 Å². The average molecular weight is 716 g/mol. The van der Waals surface area contributed by atoms with Crippen molar-refractivity contribution in [2.24, 2.45) is 0 Å². The molecule has 0 saturated heterocycles. The van der Waals surface area contributed by atoms with E-state index in [1.165, 1.54) is 32.6 Å². The molecule has 0 N–H and O–H groups in total. The average Bonchev–Trinajstić information content (AvgIpc) is 3.78. The monoisotopic (exact) mass is 715 g/mol. The highest BCUT2D eigenvalue weighted by Gasteiger charge is 2.19. The molecule has 0 spiro atoms. The van der Waals surface area contributed by atoms with Crippen molar-refractivity contribution in [3.63, 3.8) is 0 Å². The van der Waals surface area contributed by atoms with Gasteiger partial charge >= 0.3 is 0 Å². The maximum absolute atomic E-state index is 5.15. The number of benzene rings is 8. The first-order valence-corrected chi connectivity index (χ1v) is 18.9. The van der Waals surface area contributed by atoms with Crippen LogP contribution in [0, 0.1) is 0 Å². The summed E-state index contributed by atoms with van der Waals surface area (Å²) in [4.78, 5) is 15.3. The van der Waals surface area contributed by atoms with Crippen LogP contribution >= 0.6 is 0 Å².